The number of carbonyl (C=O) groups is 1. The Balaban J connectivity index is 1.53. The predicted octanol–water partition coefficient (Wildman–Crippen LogP) is 4.18. The number of nitrogens with zero attached hydrogens (tertiary/aromatic N) is 1. The number of amides is 1. The van der Waals surface area contributed by atoms with Gasteiger partial charge in [-0.2, -0.15) is 4.31 Å². The Bertz CT molecular complexity index is 1180. The van der Waals surface area contributed by atoms with Gasteiger partial charge in [-0.1, -0.05) is 6.42 Å². The quantitative estimate of drug-likeness (QED) is 0.659. The Hall–Kier alpha value is -2.84. The maximum atomic E-state index is 12.8. The molecule has 8 heteroatoms. The third kappa shape index (κ3) is 3.80. The van der Waals surface area contributed by atoms with Crippen LogP contribution in [0.2, 0.25) is 0 Å². The van der Waals surface area contributed by atoms with Crippen molar-refractivity contribution in [3.63, 3.8) is 0 Å². The molecule has 1 aliphatic heterocycles. The van der Waals surface area contributed by atoms with Crippen LogP contribution in [-0.2, 0) is 10.0 Å². The van der Waals surface area contributed by atoms with Crippen LogP contribution in [0.5, 0.6) is 5.75 Å². The first-order chi connectivity index (χ1) is 14.4. The topological polar surface area (TPSA) is 88.8 Å². The molecule has 4 rings (SSSR count). The molecule has 30 heavy (non-hydrogen) atoms. The molecule has 1 fully saturated rings. The summed E-state index contributed by atoms with van der Waals surface area (Å²) in [5.74, 6) is 0.501. The molecule has 158 valence electrons. The maximum Gasteiger partial charge on any atom is 0.291 e. The standard InChI is InChI=1S/C22H24N2O5S/c1-15-19-14-17(28-2)8-11-20(19)29-21(15)22(25)23-16-6-9-18(10-7-16)30(26,27)24-12-4-3-5-13-24/h6-11,14H,3-5,12-13H2,1-2H3,(H,23,25). The monoisotopic (exact) mass is 428 g/mol. The van der Waals surface area contributed by atoms with E-state index in [1.54, 1.807) is 31.4 Å². The lowest BCUT2D eigenvalue weighted by Gasteiger charge is -2.25. The zero-order chi connectivity index (χ0) is 21.3. The van der Waals surface area contributed by atoms with Gasteiger partial charge in [-0.25, -0.2) is 8.42 Å². The van der Waals surface area contributed by atoms with Crippen LogP contribution >= 0.6 is 0 Å². The zero-order valence-electron chi connectivity index (χ0n) is 17.0. The fourth-order valence-corrected chi connectivity index (χ4v) is 5.21. The highest BCUT2D eigenvalue weighted by atomic mass is 32.2. The number of ether oxygens (including phenoxy) is 1. The Morgan fingerprint density at radius 3 is 2.43 bits per heavy atom. The fraction of sp³-hybridized carbons (Fsp3) is 0.318. The van der Waals surface area contributed by atoms with Gasteiger partial charge in [0.1, 0.15) is 11.3 Å². The van der Waals surface area contributed by atoms with Crippen LogP contribution in [0, 0.1) is 6.92 Å². The second-order valence-corrected chi connectivity index (χ2v) is 9.30. The molecule has 0 saturated carbocycles. The molecule has 1 aromatic heterocycles. The first-order valence-corrected chi connectivity index (χ1v) is 11.3. The largest absolute Gasteiger partial charge is 0.497 e. The van der Waals surface area contributed by atoms with Crippen LogP contribution in [0.3, 0.4) is 0 Å². The van der Waals surface area contributed by atoms with Gasteiger partial charge in [-0.15, -0.1) is 0 Å². The fourth-order valence-electron chi connectivity index (χ4n) is 3.70. The van der Waals surface area contributed by atoms with E-state index >= 15 is 0 Å². The SMILES string of the molecule is COc1ccc2oc(C(=O)Nc3ccc(S(=O)(=O)N4CCCCC4)cc3)c(C)c2c1. The molecule has 0 radical (unpaired) electrons. The molecule has 2 aromatic carbocycles. The van der Waals surface area contributed by atoms with E-state index in [2.05, 4.69) is 5.32 Å². The molecular formula is C22H24N2O5S. The number of nitrogens with one attached hydrogen (secondary N) is 1. The van der Waals surface area contributed by atoms with Gasteiger partial charge in [0.2, 0.25) is 10.0 Å². The van der Waals surface area contributed by atoms with E-state index in [4.69, 9.17) is 9.15 Å². The van der Waals surface area contributed by atoms with E-state index in [0.717, 1.165) is 24.6 Å². The third-order valence-corrected chi connectivity index (χ3v) is 7.33. The Morgan fingerprint density at radius 1 is 1.07 bits per heavy atom. The molecule has 1 N–H and O–H groups in total. The van der Waals surface area contributed by atoms with Crippen LogP contribution in [0.1, 0.15) is 35.4 Å². The molecule has 3 aromatic rings. The molecular weight excluding hydrogens is 404 g/mol. The second kappa shape index (κ2) is 8.12. The number of aryl methyl sites for hydroxylation is 1. The summed E-state index contributed by atoms with van der Waals surface area (Å²) < 4.78 is 38.0. The summed E-state index contributed by atoms with van der Waals surface area (Å²) in [6.07, 6.45) is 2.83. The number of sulfonamides is 1. The molecule has 1 aliphatic rings. The summed E-state index contributed by atoms with van der Waals surface area (Å²) in [6.45, 7) is 2.92. The van der Waals surface area contributed by atoms with E-state index in [1.807, 2.05) is 13.0 Å². The van der Waals surface area contributed by atoms with Crippen LogP contribution in [0.25, 0.3) is 11.0 Å². The van der Waals surface area contributed by atoms with Crippen molar-refractivity contribution < 1.29 is 22.4 Å². The van der Waals surface area contributed by atoms with Crippen LogP contribution < -0.4 is 10.1 Å². The van der Waals surface area contributed by atoms with Crippen molar-refractivity contribution in [2.45, 2.75) is 31.1 Å². The number of carbonyl (C=O) groups excluding carboxylic acids is 1. The van der Waals surface area contributed by atoms with Gasteiger partial charge >= 0.3 is 0 Å². The smallest absolute Gasteiger partial charge is 0.291 e. The van der Waals surface area contributed by atoms with Crippen molar-refractivity contribution in [2.24, 2.45) is 0 Å². The molecule has 1 amide bonds. The number of anilines is 1. The highest BCUT2D eigenvalue weighted by Crippen LogP contribution is 2.29. The van der Waals surface area contributed by atoms with Crippen LogP contribution in [0.4, 0.5) is 5.69 Å². The average molecular weight is 429 g/mol. The van der Waals surface area contributed by atoms with E-state index in [1.165, 1.54) is 16.4 Å². The number of methoxy groups -OCH3 is 1. The van der Waals surface area contributed by atoms with E-state index in [9.17, 15) is 13.2 Å². The van der Waals surface area contributed by atoms with Gasteiger partial charge in [0.05, 0.1) is 12.0 Å². The number of rotatable bonds is 5. The van der Waals surface area contributed by atoms with Crippen molar-refractivity contribution >= 4 is 32.6 Å². The van der Waals surface area contributed by atoms with Gasteiger partial charge in [-0.3, -0.25) is 4.79 Å². The number of benzene rings is 2. The number of hydrogen-bond donors (Lipinski definition) is 1. The molecule has 2 heterocycles. The van der Waals surface area contributed by atoms with Gasteiger partial charge in [0.15, 0.2) is 5.76 Å². The van der Waals surface area contributed by atoms with Gasteiger partial charge < -0.3 is 14.5 Å². The van der Waals surface area contributed by atoms with Crippen molar-refractivity contribution in [2.75, 3.05) is 25.5 Å². The third-order valence-electron chi connectivity index (χ3n) is 5.41. The summed E-state index contributed by atoms with van der Waals surface area (Å²) in [6, 6.07) is 11.6. The van der Waals surface area contributed by atoms with Gasteiger partial charge in [-0.05, 0) is 62.2 Å². The summed E-state index contributed by atoms with van der Waals surface area (Å²) in [5, 5.41) is 3.58. The van der Waals surface area contributed by atoms with Crippen LogP contribution in [-0.4, -0.2) is 38.8 Å². The van der Waals surface area contributed by atoms with E-state index in [-0.39, 0.29) is 10.7 Å². The molecule has 0 unspecified atom stereocenters. The summed E-state index contributed by atoms with van der Waals surface area (Å²) in [7, 11) is -1.92. The molecule has 0 atom stereocenters. The molecule has 0 aliphatic carbocycles. The lowest BCUT2D eigenvalue weighted by atomic mass is 10.1. The lowest BCUT2D eigenvalue weighted by Crippen LogP contribution is -2.35. The average Bonchev–Trinajstić information content (AvgIpc) is 3.10. The second-order valence-electron chi connectivity index (χ2n) is 7.36. The Morgan fingerprint density at radius 2 is 1.77 bits per heavy atom. The predicted molar refractivity (Wildman–Crippen MR) is 115 cm³/mol. The minimum atomic E-state index is -3.50. The number of piperidine rings is 1. The van der Waals surface area contributed by atoms with Crippen molar-refractivity contribution in [1.82, 2.24) is 4.31 Å². The molecule has 1 saturated heterocycles. The highest BCUT2D eigenvalue weighted by molar-refractivity contribution is 7.89. The van der Waals surface area contributed by atoms with Gasteiger partial charge in [0, 0.05) is 29.7 Å². The summed E-state index contributed by atoms with van der Waals surface area (Å²) >= 11 is 0. The van der Waals surface area contributed by atoms with Crippen molar-refractivity contribution in [3.8, 4) is 5.75 Å². The van der Waals surface area contributed by atoms with Gasteiger partial charge in [0.25, 0.3) is 5.91 Å². The number of hydrogen-bond acceptors (Lipinski definition) is 5. The number of furan rings is 1. The number of fused-ring (bicyclic) bond motifs is 1. The maximum absolute atomic E-state index is 12.8. The van der Waals surface area contributed by atoms with E-state index < -0.39 is 15.9 Å². The zero-order valence-corrected chi connectivity index (χ0v) is 17.8. The Kier molecular flexibility index (Phi) is 5.53. The van der Waals surface area contributed by atoms with Crippen molar-refractivity contribution in [3.05, 3.63) is 53.8 Å². The first kappa shape index (κ1) is 20.4. The molecule has 0 spiro atoms. The van der Waals surface area contributed by atoms with Crippen LogP contribution in [0.15, 0.2) is 51.8 Å². The molecule has 0 bridgehead atoms. The minimum Gasteiger partial charge on any atom is -0.497 e. The summed E-state index contributed by atoms with van der Waals surface area (Å²) in [5.41, 5.74) is 1.81. The van der Waals surface area contributed by atoms with E-state index in [0.29, 0.717) is 35.7 Å². The minimum absolute atomic E-state index is 0.211. The lowest BCUT2D eigenvalue weighted by molar-refractivity contribution is 0.0998. The normalized spacial score (nSPS) is 15.3. The van der Waals surface area contributed by atoms with Crippen molar-refractivity contribution in [1.29, 1.82) is 0 Å². The molecule has 7 nitrogen and oxygen atoms in total. The Labute approximate surface area is 175 Å². The first-order valence-electron chi connectivity index (χ1n) is 9.89. The summed E-state index contributed by atoms with van der Waals surface area (Å²) in [4.78, 5) is 13.0. The highest BCUT2D eigenvalue weighted by Gasteiger charge is 2.26.